The monoisotopic (exact) mass is 398 g/mol. The zero-order chi connectivity index (χ0) is 20.9. The number of hydrogen-bond donors (Lipinski definition) is 6. The second kappa shape index (κ2) is 11.0. The molecule has 27 heavy (non-hydrogen) atoms. The molecule has 10 heteroatoms. The Balaban J connectivity index is 0.000000271. The van der Waals surface area contributed by atoms with Crippen LogP contribution in [-0.2, 0) is 18.9 Å². The summed E-state index contributed by atoms with van der Waals surface area (Å²) in [6.45, 7) is 5.12. The van der Waals surface area contributed by atoms with Gasteiger partial charge in [-0.3, -0.25) is 0 Å². The second-order valence-electron chi connectivity index (χ2n) is 7.22. The summed E-state index contributed by atoms with van der Waals surface area (Å²) in [5.74, 6) is -0.257. The fourth-order valence-electron chi connectivity index (χ4n) is 3.11. The van der Waals surface area contributed by atoms with Crippen molar-refractivity contribution in [2.24, 2.45) is 11.8 Å². The van der Waals surface area contributed by atoms with Crippen molar-refractivity contribution in [3.05, 3.63) is 0 Å². The SMILES string of the molecule is CO[C@@H]1O[C@H](C(C)C)[C@@H](O)[C@H](O)[C@H]1O.CO[C@@H]1O[C@H](CO)[C@H](O)[C@H](O)[C@H]1C. The van der Waals surface area contributed by atoms with Crippen molar-refractivity contribution in [2.75, 3.05) is 20.8 Å². The Morgan fingerprint density at radius 1 is 0.778 bits per heavy atom. The number of rotatable bonds is 4. The maximum absolute atomic E-state index is 9.60. The summed E-state index contributed by atoms with van der Waals surface area (Å²) in [5, 5.41) is 56.3. The quantitative estimate of drug-likeness (QED) is 0.307. The van der Waals surface area contributed by atoms with Crippen LogP contribution >= 0.6 is 0 Å². The van der Waals surface area contributed by atoms with Gasteiger partial charge in [0.1, 0.15) is 30.5 Å². The molecule has 10 nitrogen and oxygen atoms in total. The fourth-order valence-corrected chi connectivity index (χ4v) is 3.11. The van der Waals surface area contributed by atoms with Gasteiger partial charge in [0.15, 0.2) is 12.6 Å². The highest BCUT2D eigenvalue weighted by Gasteiger charge is 2.45. The normalized spacial score (nSPS) is 45.3. The number of ether oxygens (including phenoxy) is 4. The lowest BCUT2D eigenvalue weighted by atomic mass is 9.92. The summed E-state index contributed by atoms with van der Waals surface area (Å²) in [5.41, 5.74) is 0. The number of methoxy groups -OCH3 is 2. The van der Waals surface area contributed by atoms with Crippen molar-refractivity contribution < 1.29 is 49.6 Å². The molecule has 2 fully saturated rings. The molecule has 0 spiro atoms. The first-order valence-corrected chi connectivity index (χ1v) is 8.98. The molecule has 0 unspecified atom stereocenters. The molecule has 2 heterocycles. The van der Waals surface area contributed by atoms with Gasteiger partial charge >= 0.3 is 0 Å². The molecule has 0 radical (unpaired) electrons. The van der Waals surface area contributed by atoms with Gasteiger partial charge in [-0.15, -0.1) is 0 Å². The lowest BCUT2D eigenvalue weighted by molar-refractivity contribution is -0.297. The van der Waals surface area contributed by atoms with Crippen LogP contribution in [0, 0.1) is 11.8 Å². The number of aliphatic hydroxyl groups is 6. The van der Waals surface area contributed by atoms with Gasteiger partial charge in [-0.2, -0.15) is 0 Å². The Bertz CT molecular complexity index is 401. The Kier molecular flexibility index (Phi) is 10.00. The fraction of sp³-hybridized carbons (Fsp3) is 1.00. The first-order chi connectivity index (χ1) is 12.6. The molecule has 0 amide bonds. The lowest BCUT2D eigenvalue weighted by Crippen LogP contribution is -2.59. The molecule has 0 aromatic carbocycles. The molecular weight excluding hydrogens is 364 g/mol. The molecule has 0 bridgehead atoms. The maximum atomic E-state index is 9.60. The maximum Gasteiger partial charge on any atom is 0.186 e. The summed E-state index contributed by atoms with van der Waals surface area (Å²) >= 11 is 0. The van der Waals surface area contributed by atoms with Crippen LogP contribution < -0.4 is 0 Å². The number of aliphatic hydroxyl groups excluding tert-OH is 6. The predicted octanol–water partition coefficient (Wildman–Crippen LogP) is -2.20. The van der Waals surface area contributed by atoms with E-state index in [0.29, 0.717) is 0 Å². The molecule has 162 valence electrons. The van der Waals surface area contributed by atoms with Crippen molar-refractivity contribution in [3.8, 4) is 0 Å². The third-order valence-electron chi connectivity index (χ3n) is 4.92. The summed E-state index contributed by atoms with van der Waals surface area (Å²) < 4.78 is 20.3. The second-order valence-corrected chi connectivity index (χ2v) is 7.22. The van der Waals surface area contributed by atoms with Crippen LogP contribution in [0.2, 0.25) is 0 Å². The van der Waals surface area contributed by atoms with Crippen LogP contribution in [0.3, 0.4) is 0 Å². The summed E-state index contributed by atoms with van der Waals surface area (Å²) in [7, 11) is 2.84. The first-order valence-electron chi connectivity index (χ1n) is 8.98. The molecule has 10 atom stereocenters. The van der Waals surface area contributed by atoms with Gasteiger partial charge < -0.3 is 49.6 Å². The molecule has 2 aliphatic heterocycles. The average Bonchev–Trinajstić information content (AvgIpc) is 2.65. The molecular formula is C17H34O10. The first kappa shape index (κ1) is 24.6. The van der Waals surface area contributed by atoms with Crippen LogP contribution in [-0.4, -0.2) is 107 Å². The van der Waals surface area contributed by atoms with Crippen molar-refractivity contribution in [2.45, 2.75) is 76.1 Å². The Hall–Kier alpha value is -0.400. The molecule has 0 aromatic heterocycles. The van der Waals surface area contributed by atoms with Crippen molar-refractivity contribution >= 4 is 0 Å². The third kappa shape index (κ3) is 5.80. The van der Waals surface area contributed by atoms with Crippen molar-refractivity contribution in [1.82, 2.24) is 0 Å². The molecule has 2 rings (SSSR count). The van der Waals surface area contributed by atoms with Gasteiger partial charge in [0.25, 0.3) is 0 Å². The standard InChI is InChI=1S/C9H18O5.C8H16O5/c1-4(2)8-6(11)5(10)7(12)9(13-3)14-8;1-4-6(10)7(11)5(3-9)13-8(4)12-2/h4-12H,1-3H3;4-11H,3H2,1-2H3/t5-,6-,7+,8+,9+;4-,5-,6-,7+,8-/m01/s1. The Morgan fingerprint density at radius 3 is 1.78 bits per heavy atom. The minimum absolute atomic E-state index is 0.0461. The Morgan fingerprint density at radius 2 is 1.33 bits per heavy atom. The van der Waals surface area contributed by atoms with E-state index in [4.69, 9.17) is 24.1 Å². The molecule has 0 aromatic rings. The van der Waals surface area contributed by atoms with Crippen LogP contribution in [0.5, 0.6) is 0 Å². The van der Waals surface area contributed by atoms with Crippen LogP contribution in [0.4, 0.5) is 0 Å². The molecule has 2 saturated heterocycles. The third-order valence-corrected chi connectivity index (χ3v) is 4.92. The van der Waals surface area contributed by atoms with E-state index >= 15 is 0 Å². The van der Waals surface area contributed by atoms with Crippen molar-refractivity contribution in [1.29, 1.82) is 0 Å². The van der Waals surface area contributed by atoms with Gasteiger partial charge in [0.2, 0.25) is 0 Å². The minimum Gasteiger partial charge on any atom is -0.394 e. The summed E-state index contributed by atoms with van der Waals surface area (Å²) in [6.07, 6.45) is -8.20. The van der Waals surface area contributed by atoms with E-state index in [1.54, 1.807) is 6.92 Å². The highest BCUT2D eigenvalue weighted by molar-refractivity contribution is 4.90. The molecule has 0 saturated carbocycles. The average molecular weight is 398 g/mol. The number of hydrogen-bond acceptors (Lipinski definition) is 10. The molecule has 6 N–H and O–H groups in total. The van der Waals surface area contributed by atoms with E-state index in [-0.39, 0.29) is 18.4 Å². The Labute approximate surface area is 159 Å². The van der Waals surface area contributed by atoms with E-state index in [0.717, 1.165) is 0 Å². The van der Waals surface area contributed by atoms with Crippen LogP contribution in [0.25, 0.3) is 0 Å². The summed E-state index contributed by atoms with van der Waals surface area (Å²) in [6, 6.07) is 0. The van der Waals surface area contributed by atoms with Gasteiger partial charge in [0, 0.05) is 20.1 Å². The highest BCUT2D eigenvalue weighted by Crippen LogP contribution is 2.26. The van der Waals surface area contributed by atoms with E-state index < -0.39 is 55.3 Å². The lowest BCUT2D eigenvalue weighted by Gasteiger charge is -2.41. The van der Waals surface area contributed by atoms with Crippen LogP contribution in [0.15, 0.2) is 0 Å². The zero-order valence-corrected chi connectivity index (χ0v) is 16.4. The van der Waals surface area contributed by atoms with Crippen LogP contribution in [0.1, 0.15) is 20.8 Å². The van der Waals surface area contributed by atoms with E-state index in [2.05, 4.69) is 0 Å². The van der Waals surface area contributed by atoms with Gasteiger partial charge in [0.05, 0.1) is 18.8 Å². The minimum atomic E-state index is -1.22. The van der Waals surface area contributed by atoms with E-state index in [1.165, 1.54) is 14.2 Å². The zero-order valence-electron chi connectivity index (χ0n) is 16.4. The summed E-state index contributed by atoms with van der Waals surface area (Å²) in [4.78, 5) is 0. The smallest absolute Gasteiger partial charge is 0.186 e. The van der Waals surface area contributed by atoms with Gasteiger partial charge in [-0.05, 0) is 5.92 Å². The molecule has 0 aliphatic carbocycles. The van der Waals surface area contributed by atoms with E-state index in [1.807, 2.05) is 13.8 Å². The van der Waals surface area contributed by atoms with Crippen molar-refractivity contribution in [3.63, 3.8) is 0 Å². The van der Waals surface area contributed by atoms with E-state index in [9.17, 15) is 25.5 Å². The molecule has 2 aliphatic rings. The topological polar surface area (TPSA) is 158 Å². The highest BCUT2D eigenvalue weighted by atomic mass is 16.7. The van der Waals surface area contributed by atoms with Gasteiger partial charge in [-0.25, -0.2) is 0 Å². The predicted molar refractivity (Wildman–Crippen MR) is 92.5 cm³/mol. The van der Waals surface area contributed by atoms with Gasteiger partial charge in [-0.1, -0.05) is 20.8 Å². The largest absolute Gasteiger partial charge is 0.394 e.